The van der Waals surface area contributed by atoms with Crippen molar-refractivity contribution in [2.75, 3.05) is 33.4 Å². The van der Waals surface area contributed by atoms with Gasteiger partial charge in [0.25, 0.3) is 5.91 Å². The molecule has 2 rings (SSSR count). The third-order valence-corrected chi connectivity index (χ3v) is 3.76. The van der Waals surface area contributed by atoms with E-state index in [0.717, 1.165) is 0 Å². The predicted molar refractivity (Wildman–Crippen MR) is 84.0 cm³/mol. The number of methoxy groups -OCH3 is 1. The molecule has 0 atom stereocenters. The summed E-state index contributed by atoms with van der Waals surface area (Å²) in [5, 5.41) is 3.66. The topological polar surface area (TPSA) is 38.8 Å². The fourth-order valence-corrected chi connectivity index (χ4v) is 2.54. The van der Waals surface area contributed by atoms with E-state index in [1.165, 1.54) is 17.4 Å². The Kier molecular flexibility index (Phi) is 6.36. The van der Waals surface area contributed by atoms with E-state index in [9.17, 15) is 9.18 Å². The van der Waals surface area contributed by atoms with E-state index in [1.54, 1.807) is 41.7 Å². The van der Waals surface area contributed by atoms with Crippen molar-refractivity contribution in [1.82, 2.24) is 4.90 Å². The molecule has 1 heterocycles. The molecule has 0 bridgehead atoms. The molecule has 6 heteroatoms. The second kappa shape index (κ2) is 8.51. The van der Waals surface area contributed by atoms with Crippen LogP contribution in [0.4, 0.5) is 4.39 Å². The third-order valence-electron chi connectivity index (χ3n) is 3.08. The lowest BCUT2D eigenvalue weighted by Gasteiger charge is -2.22. The number of ether oxygens (including phenoxy) is 2. The van der Waals surface area contributed by atoms with Gasteiger partial charge in [-0.05, 0) is 23.6 Å². The summed E-state index contributed by atoms with van der Waals surface area (Å²) in [5.41, 5.74) is 0.645. The Balaban J connectivity index is 1.92. The maximum Gasteiger partial charge on any atom is 0.254 e. The molecule has 1 amide bonds. The number of thiophene rings is 1. The first-order valence-corrected chi connectivity index (χ1v) is 7.84. The average Bonchev–Trinajstić information content (AvgIpc) is 3.06. The standard InChI is InChI=1S/C16H18FNO3S/c1-20-9-7-18(16(19)13-6-11-22-12-13)8-10-21-15-5-3-2-4-14(15)17/h2-6,11-12H,7-10H2,1H3. The van der Waals surface area contributed by atoms with E-state index >= 15 is 0 Å². The average molecular weight is 323 g/mol. The normalized spacial score (nSPS) is 10.5. The maximum absolute atomic E-state index is 13.5. The highest BCUT2D eigenvalue weighted by Gasteiger charge is 2.16. The molecule has 4 nitrogen and oxygen atoms in total. The number of halogens is 1. The monoisotopic (exact) mass is 323 g/mol. The summed E-state index contributed by atoms with van der Waals surface area (Å²) in [6, 6.07) is 8.00. The second-order valence-electron chi connectivity index (χ2n) is 4.58. The van der Waals surface area contributed by atoms with E-state index in [2.05, 4.69) is 0 Å². The Hall–Kier alpha value is -1.92. The Morgan fingerprint density at radius 3 is 2.68 bits per heavy atom. The fraction of sp³-hybridized carbons (Fsp3) is 0.312. The molecule has 0 radical (unpaired) electrons. The fourth-order valence-electron chi connectivity index (χ4n) is 1.91. The minimum absolute atomic E-state index is 0.0737. The minimum Gasteiger partial charge on any atom is -0.489 e. The number of benzene rings is 1. The quantitative estimate of drug-likeness (QED) is 0.749. The van der Waals surface area contributed by atoms with E-state index in [4.69, 9.17) is 9.47 Å². The number of rotatable bonds is 8. The van der Waals surface area contributed by atoms with Gasteiger partial charge in [-0.3, -0.25) is 4.79 Å². The number of carbonyl (C=O) groups excluding carboxylic acids is 1. The first-order valence-electron chi connectivity index (χ1n) is 6.90. The van der Waals surface area contributed by atoms with Crippen molar-refractivity contribution >= 4 is 17.2 Å². The summed E-state index contributed by atoms with van der Waals surface area (Å²) in [6.07, 6.45) is 0. The van der Waals surface area contributed by atoms with Crippen LogP contribution in [0.2, 0.25) is 0 Å². The maximum atomic E-state index is 13.5. The van der Waals surface area contributed by atoms with E-state index in [-0.39, 0.29) is 18.3 Å². The van der Waals surface area contributed by atoms with Crippen LogP contribution in [0, 0.1) is 5.82 Å². The first kappa shape index (κ1) is 16.5. The molecule has 118 valence electrons. The highest BCUT2D eigenvalue weighted by molar-refractivity contribution is 7.08. The molecular formula is C16H18FNO3S. The lowest BCUT2D eigenvalue weighted by atomic mass is 10.3. The molecular weight excluding hydrogens is 305 g/mol. The van der Waals surface area contributed by atoms with Gasteiger partial charge in [0, 0.05) is 19.0 Å². The zero-order chi connectivity index (χ0) is 15.8. The molecule has 0 spiro atoms. The highest BCUT2D eigenvalue weighted by Crippen LogP contribution is 2.15. The van der Waals surface area contributed by atoms with E-state index in [0.29, 0.717) is 25.3 Å². The second-order valence-corrected chi connectivity index (χ2v) is 5.36. The van der Waals surface area contributed by atoms with E-state index < -0.39 is 5.82 Å². The summed E-state index contributed by atoms with van der Waals surface area (Å²) < 4.78 is 23.9. The molecule has 0 fully saturated rings. The van der Waals surface area contributed by atoms with Crippen molar-refractivity contribution in [1.29, 1.82) is 0 Å². The van der Waals surface area contributed by atoms with E-state index in [1.807, 2.05) is 5.38 Å². The molecule has 0 aliphatic rings. The number of para-hydroxylation sites is 1. The van der Waals surface area contributed by atoms with Crippen molar-refractivity contribution in [3.8, 4) is 5.75 Å². The Bertz CT molecular complexity index is 589. The number of nitrogens with zero attached hydrogens (tertiary/aromatic N) is 1. The van der Waals surface area contributed by atoms with Crippen molar-refractivity contribution in [3.63, 3.8) is 0 Å². The number of amides is 1. The molecule has 0 saturated carbocycles. The van der Waals surface area contributed by atoms with Gasteiger partial charge in [-0.1, -0.05) is 12.1 Å². The first-order chi connectivity index (χ1) is 10.7. The zero-order valence-electron chi connectivity index (χ0n) is 12.3. The van der Waals surface area contributed by atoms with Crippen LogP contribution in [0.15, 0.2) is 41.1 Å². The van der Waals surface area contributed by atoms with Crippen molar-refractivity contribution in [3.05, 3.63) is 52.5 Å². The van der Waals surface area contributed by atoms with Crippen LogP contribution in [0.25, 0.3) is 0 Å². The van der Waals surface area contributed by atoms with Crippen molar-refractivity contribution in [2.24, 2.45) is 0 Å². The van der Waals surface area contributed by atoms with Crippen LogP contribution in [0.5, 0.6) is 5.75 Å². The van der Waals surface area contributed by atoms with Crippen LogP contribution in [0.3, 0.4) is 0 Å². The van der Waals surface area contributed by atoms with Gasteiger partial charge in [-0.25, -0.2) is 4.39 Å². The Labute approximate surface area is 133 Å². The third kappa shape index (κ3) is 4.54. The largest absolute Gasteiger partial charge is 0.489 e. The summed E-state index contributed by atoms with van der Waals surface area (Å²) in [5.74, 6) is -0.289. The van der Waals surface area contributed by atoms with Gasteiger partial charge in [0.2, 0.25) is 0 Å². The van der Waals surface area contributed by atoms with Crippen LogP contribution >= 0.6 is 11.3 Å². The summed E-state index contributed by atoms with van der Waals surface area (Å²) >= 11 is 1.47. The number of carbonyl (C=O) groups is 1. The molecule has 0 aliphatic heterocycles. The molecule has 0 unspecified atom stereocenters. The summed E-state index contributed by atoms with van der Waals surface area (Å²) in [6.45, 7) is 1.49. The smallest absolute Gasteiger partial charge is 0.254 e. The molecule has 0 N–H and O–H groups in total. The molecule has 0 saturated heterocycles. The van der Waals surface area contributed by atoms with Crippen LogP contribution in [0.1, 0.15) is 10.4 Å². The number of hydrogen-bond donors (Lipinski definition) is 0. The van der Waals surface area contributed by atoms with Gasteiger partial charge in [-0.2, -0.15) is 11.3 Å². The van der Waals surface area contributed by atoms with Gasteiger partial charge >= 0.3 is 0 Å². The van der Waals surface area contributed by atoms with Crippen LogP contribution in [-0.4, -0.2) is 44.2 Å². The van der Waals surface area contributed by atoms with Gasteiger partial charge < -0.3 is 14.4 Å². The molecule has 1 aromatic carbocycles. The summed E-state index contributed by atoms with van der Waals surface area (Å²) in [7, 11) is 1.59. The summed E-state index contributed by atoms with van der Waals surface area (Å²) in [4.78, 5) is 14.0. The van der Waals surface area contributed by atoms with Gasteiger partial charge in [0.05, 0.1) is 18.7 Å². The van der Waals surface area contributed by atoms with Crippen molar-refractivity contribution in [2.45, 2.75) is 0 Å². The SMILES string of the molecule is COCCN(CCOc1ccccc1F)C(=O)c1ccsc1. The minimum atomic E-state index is -0.407. The molecule has 1 aromatic heterocycles. The number of hydrogen-bond acceptors (Lipinski definition) is 4. The molecule has 2 aromatic rings. The van der Waals surface area contributed by atoms with Crippen molar-refractivity contribution < 1.29 is 18.7 Å². The lowest BCUT2D eigenvalue weighted by Crippen LogP contribution is -2.37. The highest BCUT2D eigenvalue weighted by atomic mass is 32.1. The van der Waals surface area contributed by atoms with Gasteiger partial charge in [-0.15, -0.1) is 0 Å². The Morgan fingerprint density at radius 2 is 2.00 bits per heavy atom. The Morgan fingerprint density at radius 1 is 1.23 bits per heavy atom. The predicted octanol–water partition coefficient (Wildman–Crippen LogP) is 3.05. The van der Waals surface area contributed by atoms with Gasteiger partial charge in [0.15, 0.2) is 11.6 Å². The molecule has 0 aliphatic carbocycles. The zero-order valence-corrected chi connectivity index (χ0v) is 13.1. The van der Waals surface area contributed by atoms with Gasteiger partial charge in [0.1, 0.15) is 6.61 Å². The molecule has 22 heavy (non-hydrogen) atoms. The van der Waals surface area contributed by atoms with Crippen LogP contribution < -0.4 is 4.74 Å². The lowest BCUT2D eigenvalue weighted by molar-refractivity contribution is 0.0665. The van der Waals surface area contributed by atoms with Crippen LogP contribution in [-0.2, 0) is 4.74 Å².